The summed E-state index contributed by atoms with van der Waals surface area (Å²) in [5.74, 6) is -0.116. The number of carbonyl (C=O) groups excluding carboxylic acids is 1. The zero-order chi connectivity index (χ0) is 13.9. The molecule has 1 saturated heterocycles. The molecular weight excluding hydrogens is 260 g/mol. The lowest BCUT2D eigenvalue weighted by Crippen LogP contribution is -2.13. The van der Waals surface area contributed by atoms with E-state index in [1.165, 1.54) is 12.1 Å². The van der Waals surface area contributed by atoms with Crippen LogP contribution in [-0.4, -0.2) is 27.8 Å². The quantitative estimate of drug-likeness (QED) is 0.783. The van der Waals surface area contributed by atoms with Crippen molar-refractivity contribution in [2.24, 2.45) is 0 Å². The van der Waals surface area contributed by atoms with Gasteiger partial charge < -0.3 is 14.8 Å². The van der Waals surface area contributed by atoms with E-state index >= 15 is 0 Å². The molecule has 1 unspecified atom stereocenters. The van der Waals surface area contributed by atoms with E-state index in [0.717, 1.165) is 19.4 Å². The first kappa shape index (κ1) is 12.6. The number of rotatable bonds is 3. The van der Waals surface area contributed by atoms with Gasteiger partial charge in [-0.15, -0.1) is 5.10 Å². The molecule has 1 aliphatic rings. The van der Waals surface area contributed by atoms with Crippen LogP contribution in [0.5, 0.6) is 5.75 Å². The molecule has 7 nitrogen and oxygen atoms in total. The van der Waals surface area contributed by atoms with Crippen molar-refractivity contribution in [1.29, 1.82) is 0 Å². The maximum Gasteiger partial charge on any atom is 0.322 e. The molecule has 2 heterocycles. The van der Waals surface area contributed by atoms with Gasteiger partial charge in [-0.3, -0.25) is 10.1 Å². The van der Waals surface area contributed by atoms with E-state index in [-0.39, 0.29) is 23.4 Å². The fourth-order valence-corrected chi connectivity index (χ4v) is 2.15. The molecule has 3 rings (SSSR count). The Morgan fingerprint density at radius 3 is 3.00 bits per heavy atom. The number of nitrogens with one attached hydrogen (secondary N) is 2. The summed E-state index contributed by atoms with van der Waals surface area (Å²) in [7, 11) is 0. The number of anilines is 1. The fourth-order valence-electron chi connectivity index (χ4n) is 2.15. The summed E-state index contributed by atoms with van der Waals surface area (Å²) in [5, 5.41) is 23.0. The van der Waals surface area contributed by atoms with E-state index in [2.05, 4.69) is 20.8 Å². The molecule has 3 N–H and O–H groups in total. The molecule has 1 atom stereocenters. The van der Waals surface area contributed by atoms with Crippen LogP contribution in [0.25, 0.3) is 0 Å². The van der Waals surface area contributed by atoms with Crippen LogP contribution in [0.15, 0.2) is 28.7 Å². The van der Waals surface area contributed by atoms with Crippen molar-refractivity contribution in [2.45, 2.75) is 18.9 Å². The number of nitrogens with zero attached hydrogens (tertiary/aromatic N) is 2. The molecule has 1 aliphatic heterocycles. The molecule has 2 aromatic rings. The molecule has 104 valence electrons. The molecule has 1 aromatic heterocycles. The number of phenols is 1. The molecule has 0 saturated carbocycles. The van der Waals surface area contributed by atoms with Crippen LogP contribution >= 0.6 is 0 Å². The third kappa shape index (κ3) is 2.48. The van der Waals surface area contributed by atoms with Crippen molar-refractivity contribution in [1.82, 2.24) is 15.5 Å². The summed E-state index contributed by atoms with van der Waals surface area (Å²) < 4.78 is 5.40. The predicted molar refractivity (Wildman–Crippen MR) is 70.3 cm³/mol. The summed E-state index contributed by atoms with van der Waals surface area (Å²) >= 11 is 0. The van der Waals surface area contributed by atoms with E-state index in [1.54, 1.807) is 12.1 Å². The molecule has 0 radical (unpaired) electrons. The van der Waals surface area contributed by atoms with Crippen molar-refractivity contribution in [3.63, 3.8) is 0 Å². The number of aromatic hydroxyl groups is 1. The minimum absolute atomic E-state index is 0.0296. The first-order valence-corrected chi connectivity index (χ1v) is 6.40. The maximum absolute atomic E-state index is 12.0. The third-order valence-electron chi connectivity index (χ3n) is 3.17. The number of benzene rings is 1. The van der Waals surface area contributed by atoms with E-state index in [4.69, 9.17) is 4.42 Å². The highest BCUT2D eigenvalue weighted by Crippen LogP contribution is 2.23. The zero-order valence-corrected chi connectivity index (χ0v) is 10.7. The molecular formula is C13H14N4O3. The monoisotopic (exact) mass is 274 g/mol. The highest BCUT2D eigenvalue weighted by atomic mass is 16.4. The molecule has 1 aromatic carbocycles. The molecule has 0 bridgehead atoms. The molecule has 20 heavy (non-hydrogen) atoms. The lowest BCUT2D eigenvalue weighted by Gasteiger charge is -2.04. The topological polar surface area (TPSA) is 100 Å². The first-order chi connectivity index (χ1) is 9.74. The average molecular weight is 274 g/mol. The largest absolute Gasteiger partial charge is 0.507 e. The molecule has 1 fully saturated rings. The minimum atomic E-state index is -0.488. The Hall–Kier alpha value is -2.41. The van der Waals surface area contributed by atoms with Gasteiger partial charge in [0.2, 0.25) is 5.89 Å². The minimum Gasteiger partial charge on any atom is -0.507 e. The summed E-state index contributed by atoms with van der Waals surface area (Å²) in [6.07, 6.45) is 2.00. The Bertz CT molecular complexity index is 620. The van der Waals surface area contributed by atoms with Gasteiger partial charge in [-0.1, -0.05) is 17.2 Å². The summed E-state index contributed by atoms with van der Waals surface area (Å²) in [4.78, 5) is 12.0. The smallest absolute Gasteiger partial charge is 0.322 e. The SMILES string of the molecule is O=C(Nc1nnc(C2CCCN2)o1)c1ccccc1O. The number of hydrogen-bond donors (Lipinski definition) is 3. The molecule has 0 spiro atoms. The lowest BCUT2D eigenvalue weighted by atomic mass is 10.2. The Labute approximate surface area is 115 Å². The number of phenolic OH excluding ortho intramolecular Hbond substituents is 1. The second-order valence-corrected chi connectivity index (χ2v) is 4.57. The normalized spacial score (nSPS) is 18.1. The van der Waals surface area contributed by atoms with Crippen molar-refractivity contribution in [3.05, 3.63) is 35.7 Å². The number of hydrogen-bond acceptors (Lipinski definition) is 6. The number of carbonyl (C=O) groups is 1. The first-order valence-electron chi connectivity index (χ1n) is 6.40. The zero-order valence-electron chi connectivity index (χ0n) is 10.7. The highest BCUT2D eigenvalue weighted by Gasteiger charge is 2.23. The Kier molecular flexibility index (Phi) is 3.34. The summed E-state index contributed by atoms with van der Waals surface area (Å²) in [5.41, 5.74) is 0.159. The second-order valence-electron chi connectivity index (χ2n) is 4.57. The van der Waals surface area contributed by atoms with Gasteiger partial charge in [0.05, 0.1) is 11.6 Å². The Balaban J connectivity index is 1.72. The van der Waals surface area contributed by atoms with Crippen LogP contribution in [0.1, 0.15) is 35.1 Å². The standard InChI is InChI=1S/C13H14N4O3/c18-10-6-2-1-4-8(10)11(19)15-13-17-16-12(20-13)9-5-3-7-14-9/h1-2,4,6,9,14,18H,3,5,7H2,(H,15,17,19). The molecule has 7 heteroatoms. The average Bonchev–Trinajstić information content (AvgIpc) is 3.09. The lowest BCUT2D eigenvalue weighted by molar-refractivity contribution is 0.102. The van der Waals surface area contributed by atoms with Crippen molar-refractivity contribution >= 4 is 11.9 Å². The van der Waals surface area contributed by atoms with Crippen molar-refractivity contribution in [3.8, 4) is 5.75 Å². The number of para-hydroxylation sites is 1. The van der Waals surface area contributed by atoms with Crippen molar-refractivity contribution in [2.75, 3.05) is 11.9 Å². The Morgan fingerprint density at radius 2 is 2.25 bits per heavy atom. The van der Waals surface area contributed by atoms with E-state index < -0.39 is 5.91 Å². The van der Waals surface area contributed by atoms with Gasteiger partial charge in [0.1, 0.15) is 5.75 Å². The van der Waals surface area contributed by atoms with Gasteiger partial charge in [-0.05, 0) is 31.5 Å². The second kappa shape index (κ2) is 5.30. The van der Waals surface area contributed by atoms with Crippen LogP contribution in [0.2, 0.25) is 0 Å². The van der Waals surface area contributed by atoms with Crippen LogP contribution in [0, 0.1) is 0 Å². The van der Waals surface area contributed by atoms with Gasteiger partial charge in [-0.2, -0.15) is 0 Å². The van der Waals surface area contributed by atoms with E-state index in [9.17, 15) is 9.90 Å². The fraction of sp³-hybridized carbons (Fsp3) is 0.308. The number of amides is 1. The van der Waals surface area contributed by atoms with Gasteiger partial charge in [0.25, 0.3) is 5.91 Å². The predicted octanol–water partition coefficient (Wildman–Crippen LogP) is 1.45. The molecule has 0 aliphatic carbocycles. The van der Waals surface area contributed by atoms with Gasteiger partial charge >= 0.3 is 6.01 Å². The van der Waals surface area contributed by atoms with E-state index in [1.807, 2.05) is 0 Å². The van der Waals surface area contributed by atoms with Gasteiger partial charge in [0.15, 0.2) is 0 Å². The van der Waals surface area contributed by atoms with Crippen molar-refractivity contribution < 1.29 is 14.3 Å². The summed E-state index contributed by atoms with van der Waals surface area (Å²) in [6.45, 7) is 0.923. The van der Waals surface area contributed by atoms with Crippen LogP contribution in [0.4, 0.5) is 6.01 Å². The highest BCUT2D eigenvalue weighted by molar-refractivity contribution is 6.04. The Morgan fingerprint density at radius 1 is 1.40 bits per heavy atom. The van der Waals surface area contributed by atoms with Gasteiger partial charge in [-0.25, -0.2) is 0 Å². The maximum atomic E-state index is 12.0. The van der Waals surface area contributed by atoms with Crippen LogP contribution in [-0.2, 0) is 0 Å². The van der Waals surface area contributed by atoms with Crippen LogP contribution < -0.4 is 10.6 Å². The molecule has 1 amide bonds. The van der Waals surface area contributed by atoms with E-state index in [0.29, 0.717) is 5.89 Å². The van der Waals surface area contributed by atoms with Gasteiger partial charge in [0, 0.05) is 0 Å². The number of aromatic nitrogens is 2. The summed E-state index contributed by atoms with van der Waals surface area (Å²) in [6, 6.07) is 6.34. The van der Waals surface area contributed by atoms with Crippen LogP contribution in [0.3, 0.4) is 0 Å². The third-order valence-corrected chi connectivity index (χ3v) is 3.17.